The fourth-order valence-corrected chi connectivity index (χ4v) is 5.76. The van der Waals surface area contributed by atoms with Crippen LogP contribution in [-0.4, -0.2) is 18.9 Å². The highest BCUT2D eigenvalue weighted by Crippen LogP contribution is 2.40. The molecule has 2 aromatic heterocycles. The van der Waals surface area contributed by atoms with Crippen LogP contribution in [0.25, 0.3) is 0 Å². The number of aliphatic imine (C=N–C) groups is 1. The molecule has 0 atom stereocenters. The number of benzene rings is 2. The Balaban J connectivity index is 1.13. The zero-order valence-electron chi connectivity index (χ0n) is 20.2. The largest absolute Gasteiger partial charge is 0.489 e. The Morgan fingerprint density at radius 2 is 1.92 bits per heavy atom. The van der Waals surface area contributed by atoms with Crippen LogP contribution in [0, 0.1) is 0 Å². The summed E-state index contributed by atoms with van der Waals surface area (Å²) >= 11 is 1.62. The van der Waals surface area contributed by atoms with Gasteiger partial charge in [-0.2, -0.15) is 0 Å². The van der Waals surface area contributed by atoms with Crippen LogP contribution in [0.2, 0.25) is 0 Å². The quantitative estimate of drug-likeness (QED) is 0.283. The van der Waals surface area contributed by atoms with Gasteiger partial charge in [0, 0.05) is 11.1 Å². The third kappa shape index (κ3) is 5.24. The first-order valence-corrected chi connectivity index (χ1v) is 13.2. The molecular formula is C29H26N2O5S. The Morgan fingerprint density at radius 3 is 2.78 bits per heavy atom. The molecule has 1 N–H and O–H groups in total. The molecule has 0 saturated heterocycles. The number of rotatable bonds is 8. The Hall–Kier alpha value is -4.04. The summed E-state index contributed by atoms with van der Waals surface area (Å²) in [7, 11) is 0. The number of ether oxygens (including phenoxy) is 3. The summed E-state index contributed by atoms with van der Waals surface area (Å²) in [6.45, 7) is 1.04. The molecule has 8 heteroatoms. The van der Waals surface area contributed by atoms with Crippen LogP contribution in [0.15, 0.2) is 70.3 Å². The van der Waals surface area contributed by atoms with Gasteiger partial charge in [-0.3, -0.25) is 4.79 Å². The van der Waals surface area contributed by atoms with Crippen LogP contribution in [-0.2, 0) is 26.0 Å². The Bertz CT molecular complexity index is 1420. The van der Waals surface area contributed by atoms with Crippen LogP contribution in [0.3, 0.4) is 0 Å². The molecule has 7 nitrogen and oxygen atoms in total. The van der Waals surface area contributed by atoms with Crippen molar-refractivity contribution in [3.63, 3.8) is 0 Å². The number of fused-ring (bicyclic) bond motifs is 2. The number of nitrogens with zero attached hydrogens (tertiary/aromatic N) is 1. The molecule has 2 aromatic carbocycles. The van der Waals surface area contributed by atoms with Crippen molar-refractivity contribution >= 4 is 28.5 Å². The fraction of sp³-hybridized carbons (Fsp3) is 0.241. The minimum absolute atomic E-state index is 0.102. The van der Waals surface area contributed by atoms with Crippen molar-refractivity contribution in [3.05, 3.63) is 93.8 Å². The van der Waals surface area contributed by atoms with Crippen molar-refractivity contribution in [2.45, 2.75) is 38.8 Å². The van der Waals surface area contributed by atoms with Crippen LogP contribution in [0.4, 0.5) is 5.00 Å². The number of furan rings is 1. The zero-order chi connectivity index (χ0) is 25.0. The minimum Gasteiger partial charge on any atom is -0.489 e. The predicted molar refractivity (Wildman–Crippen MR) is 141 cm³/mol. The summed E-state index contributed by atoms with van der Waals surface area (Å²) in [5.74, 6) is 2.90. The average Bonchev–Trinajstić information content (AvgIpc) is 3.69. The summed E-state index contributed by atoms with van der Waals surface area (Å²) in [5, 5.41) is 3.75. The third-order valence-corrected chi connectivity index (χ3v) is 7.64. The lowest BCUT2D eigenvalue weighted by Gasteiger charge is -2.12. The third-order valence-electron chi connectivity index (χ3n) is 6.44. The van der Waals surface area contributed by atoms with E-state index in [1.165, 1.54) is 4.88 Å². The van der Waals surface area contributed by atoms with E-state index in [-0.39, 0.29) is 12.7 Å². The lowest BCUT2D eigenvalue weighted by molar-refractivity contribution is 0.0948. The Labute approximate surface area is 218 Å². The lowest BCUT2D eigenvalue weighted by atomic mass is 9.95. The van der Waals surface area contributed by atoms with Crippen molar-refractivity contribution in [2.24, 2.45) is 4.99 Å². The molecule has 6 rings (SSSR count). The maximum atomic E-state index is 13.1. The van der Waals surface area contributed by atoms with E-state index in [9.17, 15) is 4.79 Å². The number of carbonyl (C=O) groups excluding carboxylic acids is 1. The zero-order valence-corrected chi connectivity index (χ0v) is 21.0. The standard InChI is InChI=1S/C29H26N2O5S/c32-28(30-16-22-4-3-13-33-22)27-23-5-1-2-6-26(23)37-29(27)31-15-19-7-10-21(11-8-19)34-17-20-9-12-24-25(14-20)36-18-35-24/h3-4,7-15H,1-2,5-6,16-18H2,(H,30,32). The van der Waals surface area contributed by atoms with E-state index in [4.69, 9.17) is 23.6 Å². The molecule has 2 aliphatic rings. The highest BCUT2D eigenvalue weighted by molar-refractivity contribution is 7.16. The molecule has 37 heavy (non-hydrogen) atoms. The van der Waals surface area contributed by atoms with Crippen molar-refractivity contribution in [1.29, 1.82) is 0 Å². The molecule has 188 valence electrons. The van der Waals surface area contributed by atoms with Crippen molar-refractivity contribution in [3.8, 4) is 17.2 Å². The van der Waals surface area contributed by atoms with E-state index < -0.39 is 0 Å². The lowest BCUT2D eigenvalue weighted by Crippen LogP contribution is -2.23. The van der Waals surface area contributed by atoms with E-state index in [0.29, 0.717) is 18.7 Å². The SMILES string of the molecule is O=C(NCc1ccco1)c1c(N=Cc2ccc(OCc3ccc4c(c3)OCO4)cc2)sc2c1CCCC2. The Morgan fingerprint density at radius 1 is 1.05 bits per heavy atom. The molecule has 4 aromatic rings. The number of carbonyl (C=O) groups is 1. The first kappa shape index (κ1) is 23.4. The molecule has 0 saturated carbocycles. The maximum absolute atomic E-state index is 13.1. The van der Waals surface area contributed by atoms with E-state index in [0.717, 1.165) is 70.4 Å². The summed E-state index contributed by atoms with van der Waals surface area (Å²) in [6.07, 6.45) is 7.58. The molecule has 1 aliphatic heterocycles. The van der Waals surface area contributed by atoms with Gasteiger partial charge in [-0.05, 0) is 90.9 Å². The molecule has 0 unspecified atom stereocenters. The second-order valence-corrected chi connectivity index (χ2v) is 10.0. The maximum Gasteiger partial charge on any atom is 0.255 e. The molecule has 0 spiro atoms. The number of nitrogens with one attached hydrogen (secondary N) is 1. The molecule has 1 amide bonds. The van der Waals surface area contributed by atoms with Crippen LogP contribution in [0.5, 0.6) is 17.2 Å². The van der Waals surface area contributed by atoms with Crippen LogP contribution < -0.4 is 19.5 Å². The van der Waals surface area contributed by atoms with E-state index in [1.54, 1.807) is 17.6 Å². The number of hydrogen-bond donors (Lipinski definition) is 1. The first-order valence-electron chi connectivity index (χ1n) is 12.3. The van der Waals surface area contributed by atoms with E-state index in [2.05, 4.69) is 5.32 Å². The monoisotopic (exact) mass is 514 g/mol. The van der Waals surface area contributed by atoms with Crippen LogP contribution >= 0.6 is 11.3 Å². The van der Waals surface area contributed by atoms with Gasteiger partial charge in [0.15, 0.2) is 11.5 Å². The van der Waals surface area contributed by atoms with E-state index >= 15 is 0 Å². The molecule has 1 aliphatic carbocycles. The van der Waals surface area contributed by atoms with Gasteiger partial charge in [-0.1, -0.05) is 6.07 Å². The van der Waals surface area contributed by atoms with Crippen LogP contribution in [0.1, 0.15) is 50.5 Å². The summed E-state index contributed by atoms with van der Waals surface area (Å²) < 4.78 is 22.1. The average molecular weight is 515 g/mol. The van der Waals surface area contributed by atoms with Gasteiger partial charge in [-0.25, -0.2) is 4.99 Å². The molecular weight excluding hydrogens is 488 g/mol. The highest BCUT2D eigenvalue weighted by Gasteiger charge is 2.25. The van der Waals surface area contributed by atoms with E-state index in [1.807, 2.05) is 60.8 Å². The molecule has 0 radical (unpaired) electrons. The summed E-state index contributed by atoms with van der Waals surface area (Å²) in [6, 6.07) is 17.2. The first-order chi connectivity index (χ1) is 18.2. The predicted octanol–water partition coefficient (Wildman–Crippen LogP) is 6.21. The Kier molecular flexibility index (Phi) is 6.64. The smallest absolute Gasteiger partial charge is 0.255 e. The molecule has 3 heterocycles. The number of hydrogen-bond acceptors (Lipinski definition) is 7. The van der Waals surface area contributed by atoms with Gasteiger partial charge in [0.2, 0.25) is 6.79 Å². The second kappa shape index (κ2) is 10.5. The van der Waals surface area contributed by atoms with Crippen molar-refractivity contribution in [1.82, 2.24) is 5.32 Å². The number of amides is 1. The normalized spacial score (nSPS) is 14.1. The van der Waals surface area contributed by atoms with Gasteiger partial charge in [0.1, 0.15) is 23.1 Å². The summed E-state index contributed by atoms with van der Waals surface area (Å²) in [5.41, 5.74) is 3.79. The number of thiophene rings is 1. The van der Waals surface area contributed by atoms with Gasteiger partial charge >= 0.3 is 0 Å². The fourth-order valence-electron chi connectivity index (χ4n) is 4.53. The van der Waals surface area contributed by atoms with Gasteiger partial charge in [0.05, 0.1) is 18.4 Å². The highest BCUT2D eigenvalue weighted by atomic mass is 32.1. The van der Waals surface area contributed by atoms with Crippen molar-refractivity contribution in [2.75, 3.05) is 6.79 Å². The minimum atomic E-state index is -0.102. The second-order valence-electron chi connectivity index (χ2n) is 8.96. The van der Waals surface area contributed by atoms with Gasteiger partial charge in [0.25, 0.3) is 5.91 Å². The molecule has 0 bridgehead atoms. The topological polar surface area (TPSA) is 82.3 Å². The summed E-state index contributed by atoms with van der Waals surface area (Å²) in [4.78, 5) is 19.2. The number of aryl methyl sites for hydroxylation is 1. The van der Waals surface area contributed by atoms with Crippen molar-refractivity contribution < 1.29 is 23.4 Å². The van der Waals surface area contributed by atoms with Gasteiger partial charge < -0.3 is 23.9 Å². The van der Waals surface area contributed by atoms with Gasteiger partial charge in [-0.15, -0.1) is 11.3 Å². The molecule has 0 fully saturated rings.